The van der Waals surface area contributed by atoms with E-state index in [9.17, 15) is 0 Å². The third-order valence-electron chi connectivity index (χ3n) is 3.90. The van der Waals surface area contributed by atoms with Crippen LogP contribution in [0.3, 0.4) is 0 Å². The Kier molecular flexibility index (Phi) is 10.5. The molecule has 0 unspecified atom stereocenters. The number of hydrogen-bond donors (Lipinski definition) is 0. The molecule has 0 aromatic rings. The first-order valence-electron chi connectivity index (χ1n) is 7.18. The quantitative estimate of drug-likeness (QED) is 0.257. The number of rotatable bonds is 0. The molecular weight excluding hydrogens is 353 g/mol. The number of allylic oxidation sites excluding steroid dienone is 8. The van der Waals surface area contributed by atoms with E-state index < -0.39 is 0 Å². The van der Waals surface area contributed by atoms with Gasteiger partial charge in [0.15, 0.2) is 0 Å². The molecule has 0 spiro atoms. The molecule has 2 aliphatic carbocycles. The van der Waals surface area contributed by atoms with Gasteiger partial charge in [-0.1, -0.05) is 57.4 Å². The zero-order valence-corrected chi connectivity index (χ0v) is 15.9. The van der Waals surface area contributed by atoms with Gasteiger partial charge >= 0.3 is 27.0 Å². The molecule has 0 heterocycles. The molecule has 0 N–H and O–H groups in total. The van der Waals surface area contributed by atoms with Gasteiger partial charge in [0.25, 0.3) is 0 Å². The zero-order valence-electron chi connectivity index (χ0n) is 13.4. The fourth-order valence-corrected chi connectivity index (χ4v) is 2.26. The molecule has 2 rings (SSSR count). The molecule has 0 amide bonds. The third-order valence-corrected chi connectivity index (χ3v) is 3.90. The van der Waals surface area contributed by atoms with Gasteiger partial charge in [-0.25, -0.2) is 5.57 Å². The van der Waals surface area contributed by atoms with Crippen LogP contribution in [0.25, 0.3) is 0 Å². The second-order valence-electron chi connectivity index (χ2n) is 5.72. The standard InChI is InChI=1S/C10H15.C8H12.ClH.Ru/c1-7-6-10(4,5)9(3)8(7)2;1-2-4-6-8-7-5-3-1;;/h1-5H3;1-2,7-8H,3-6H2;1H;/q-1;;;+2/p-1/b;2-1-,8-7?;;. The normalized spacial score (nSPS) is 21.6. The van der Waals surface area contributed by atoms with E-state index in [1.54, 1.807) is 0 Å². The summed E-state index contributed by atoms with van der Waals surface area (Å²) in [6, 6.07) is 0. The van der Waals surface area contributed by atoms with Gasteiger partial charge in [0.1, 0.15) is 0 Å². The van der Waals surface area contributed by atoms with Crippen LogP contribution in [0, 0.1) is 11.5 Å². The molecule has 2 heteroatoms. The second kappa shape index (κ2) is 10.6. The summed E-state index contributed by atoms with van der Waals surface area (Å²) in [4.78, 5) is 0. The van der Waals surface area contributed by atoms with E-state index in [2.05, 4.69) is 74.7 Å². The van der Waals surface area contributed by atoms with Gasteiger partial charge in [-0.2, -0.15) is 11.1 Å². The van der Waals surface area contributed by atoms with Crippen LogP contribution >= 0.6 is 9.69 Å². The van der Waals surface area contributed by atoms with Crippen LogP contribution in [0.4, 0.5) is 0 Å². The molecule has 0 bridgehead atoms. The Morgan fingerprint density at radius 2 is 1.25 bits per heavy atom. The van der Waals surface area contributed by atoms with Gasteiger partial charge in [0.2, 0.25) is 0 Å². The van der Waals surface area contributed by atoms with Crippen LogP contribution in [-0.4, -0.2) is 0 Å². The van der Waals surface area contributed by atoms with Crippen molar-refractivity contribution in [3.8, 4) is 0 Å². The maximum absolute atomic E-state index is 4.57. The Hall–Kier alpha value is -0.127. The topological polar surface area (TPSA) is 0 Å². The van der Waals surface area contributed by atoms with E-state index in [0.717, 1.165) is 0 Å². The molecule has 0 aliphatic heterocycles. The summed E-state index contributed by atoms with van der Waals surface area (Å²) in [7, 11) is 4.57. The molecule has 0 saturated carbocycles. The van der Waals surface area contributed by atoms with Crippen LogP contribution in [0.2, 0.25) is 0 Å². The molecule has 114 valence electrons. The van der Waals surface area contributed by atoms with Crippen molar-refractivity contribution in [2.45, 2.75) is 60.3 Å². The van der Waals surface area contributed by atoms with E-state index in [0.29, 0.717) is 0 Å². The molecule has 0 radical (unpaired) electrons. The average molecular weight is 380 g/mol. The monoisotopic (exact) mass is 380 g/mol. The van der Waals surface area contributed by atoms with Crippen molar-refractivity contribution in [2.24, 2.45) is 5.41 Å². The first-order valence-corrected chi connectivity index (χ1v) is 9.42. The van der Waals surface area contributed by atoms with Crippen molar-refractivity contribution < 1.29 is 17.3 Å². The zero-order chi connectivity index (χ0) is 15.6. The van der Waals surface area contributed by atoms with Crippen molar-refractivity contribution in [1.82, 2.24) is 0 Å². The predicted molar refractivity (Wildman–Crippen MR) is 87.2 cm³/mol. The summed E-state index contributed by atoms with van der Waals surface area (Å²) < 4.78 is 0. The Bertz CT molecular complexity index is 372. The molecular formula is C18H27ClRu. The van der Waals surface area contributed by atoms with Crippen molar-refractivity contribution in [3.63, 3.8) is 0 Å². The number of halogens is 1. The summed E-state index contributed by atoms with van der Waals surface area (Å²) in [5, 5.41) is 0. The molecule has 0 saturated heterocycles. The van der Waals surface area contributed by atoms with Crippen molar-refractivity contribution in [1.29, 1.82) is 0 Å². The maximum atomic E-state index is 4.57. The second-order valence-corrected chi connectivity index (χ2v) is 5.72. The van der Waals surface area contributed by atoms with Crippen molar-refractivity contribution in [2.75, 3.05) is 0 Å². The van der Waals surface area contributed by atoms with Crippen LogP contribution in [0.1, 0.15) is 60.3 Å². The summed E-state index contributed by atoms with van der Waals surface area (Å²) in [6.07, 6.45) is 17.4. The van der Waals surface area contributed by atoms with Crippen LogP contribution < -0.4 is 0 Å². The van der Waals surface area contributed by atoms with E-state index in [1.165, 1.54) is 42.4 Å². The number of hydrogen-bond acceptors (Lipinski definition) is 0. The van der Waals surface area contributed by atoms with Gasteiger partial charge in [0.05, 0.1) is 0 Å². The fraction of sp³-hybridized carbons (Fsp3) is 0.556. The van der Waals surface area contributed by atoms with Gasteiger partial charge < -0.3 is 0 Å². The first kappa shape index (κ1) is 19.9. The van der Waals surface area contributed by atoms with E-state index >= 15 is 0 Å². The van der Waals surface area contributed by atoms with Gasteiger partial charge in [-0.15, -0.1) is 6.92 Å². The Morgan fingerprint density at radius 1 is 0.900 bits per heavy atom. The Morgan fingerprint density at radius 3 is 1.40 bits per heavy atom. The Labute approximate surface area is 139 Å². The minimum absolute atomic E-state index is 0.189. The Balaban J connectivity index is 0.000000327. The predicted octanol–water partition coefficient (Wildman–Crippen LogP) is 6.47. The summed E-state index contributed by atoms with van der Waals surface area (Å²) in [6.45, 7) is 10.9. The molecule has 0 nitrogen and oxygen atoms in total. The SMILES string of the molecule is C1=CCC/C=C\CC1.CC1=[C-]C(C)(C)C(C)=C1C.[Cl][Ru+]. The molecule has 20 heavy (non-hydrogen) atoms. The van der Waals surface area contributed by atoms with E-state index in [1.807, 2.05) is 17.3 Å². The fourth-order valence-electron chi connectivity index (χ4n) is 2.26. The first-order chi connectivity index (χ1) is 9.45. The summed E-state index contributed by atoms with van der Waals surface area (Å²) in [5.74, 6) is 0. The molecule has 2 aliphatic rings. The van der Waals surface area contributed by atoms with Crippen LogP contribution in [-0.2, 0) is 17.3 Å². The van der Waals surface area contributed by atoms with E-state index in [-0.39, 0.29) is 5.41 Å². The van der Waals surface area contributed by atoms with Crippen LogP contribution in [0.5, 0.6) is 0 Å². The van der Waals surface area contributed by atoms with Crippen molar-refractivity contribution >= 4 is 9.69 Å². The molecule has 0 fully saturated rings. The van der Waals surface area contributed by atoms with Gasteiger partial charge in [-0.05, 0) is 25.7 Å². The average Bonchev–Trinajstić information content (AvgIpc) is 2.55. The summed E-state index contributed by atoms with van der Waals surface area (Å²) in [5.41, 5.74) is 4.39. The van der Waals surface area contributed by atoms with Gasteiger partial charge in [-0.3, -0.25) is 6.08 Å². The van der Waals surface area contributed by atoms with Crippen molar-refractivity contribution in [3.05, 3.63) is 47.1 Å². The van der Waals surface area contributed by atoms with Crippen LogP contribution in [0.15, 0.2) is 41.0 Å². The minimum atomic E-state index is 0.189. The third kappa shape index (κ3) is 7.05. The van der Waals surface area contributed by atoms with Gasteiger partial charge in [0, 0.05) is 0 Å². The molecule has 0 aromatic heterocycles. The molecule has 0 aromatic carbocycles. The molecule has 0 atom stereocenters. The summed E-state index contributed by atoms with van der Waals surface area (Å²) >= 11 is 1.82. The van der Waals surface area contributed by atoms with E-state index in [4.69, 9.17) is 0 Å².